The highest BCUT2D eigenvalue weighted by Gasteiger charge is 2.12. The van der Waals surface area contributed by atoms with Crippen molar-refractivity contribution in [2.45, 2.75) is 20.8 Å². The Bertz CT molecular complexity index is 331. The van der Waals surface area contributed by atoms with Crippen molar-refractivity contribution in [2.75, 3.05) is 25.0 Å². The van der Waals surface area contributed by atoms with Gasteiger partial charge in [-0.25, -0.2) is 4.98 Å². The number of nitrogens with zero attached hydrogens (tertiary/aromatic N) is 2. The number of amides is 1. The van der Waals surface area contributed by atoms with Gasteiger partial charge in [0.15, 0.2) is 0 Å². The van der Waals surface area contributed by atoms with Crippen LogP contribution in [0.2, 0.25) is 0 Å². The van der Waals surface area contributed by atoms with Crippen LogP contribution in [0.25, 0.3) is 0 Å². The van der Waals surface area contributed by atoms with Crippen molar-refractivity contribution in [3.8, 4) is 0 Å². The fourth-order valence-corrected chi connectivity index (χ4v) is 1.50. The zero-order valence-electron chi connectivity index (χ0n) is 10.2. The predicted octanol–water partition coefficient (Wildman–Crippen LogP) is 2.00. The monoisotopic (exact) mass is 221 g/mol. The lowest BCUT2D eigenvalue weighted by Gasteiger charge is -2.18. The first-order valence-corrected chi connectivity index (χ1v) is 5.72. The summed E-state index contributed by atoms with van der Waals surface area (Å²) >= 11 is 0. The van der Waals surface area contributed by atoms with Gasteiger partial charge in [0.2, 0.25) is 0 Å². The van der Waals surface area contributed by atoms with Gasteiger partial charge in [0.1, 0.15) is 5.82 Å². The largest absolute Gasteiger partial charge is 0.370 e. The van der Waals surface area contributed by atoms with E-state index in [1.54, 1.807) is 11.1 Å². The molecule has 1 aromatic heterocycles. The smallest absolute Gasteiger partial charge is 0.255 e. The molecule has 1 amide bonds. The lowest BCUT2D eigenvalue weighted by molar-refractivity contribution is 0.0772. The van der Waals surface area contributed by atoms with Crippen LogP contribution in [-0.2, 0) is 0 Å². The van der Waals surface area contributed by atoms with Crippen LogP contribution < -0.4 is 5.32 Å². The summed E-state index contributed by atoms with van der Waals surface area (Å²) in [4.78, 5) is 17.9. The van der Waals surface area contributed by atoms with E-state index in [-0.39, 0.29) is 5.91 Å². The van der Waals surface area contributed by atoms with Crippen molar-refractivity contribution >= 4 is 11.7 Å². The van der Waals surface area contributed by atoms with Crippen LogP contribution in [0.15, 0.2) is 18.3 Å². The molecule has 0 unspecified atom stereocenters. The Kier molecular flexibility index (Phi) is 4.76. The summed E-state index contributed by atoms with van der Waals surface area (Å²) < 4.78 is 0. The summed E-state index contributed by atoms with van der Waals surface area (Å²) in [5, 5.41) is 3.09. The minimum atomic E-state index is 0.0422. The molecule has 0 radical (unpaired) electrons. The second-order valence-corrected chi connectivity index (χ2v) is 3.44. The highest BCUT2D eigenvalue weighted by Crippen LogP contribution is 2.07. The van der Waals surface area contributed by atoms with Crippen LogP contribution in [0.1, 0.15) is 31.1 Å². The molecular formula is C12H19N3O. The van der Waals surface area contributed by atoms with Crippen LogP contribution >= 0.6 is 0 Å². The van der Waals surface area contributed by atoms with Gasteiger partial charge in [-0.3, -0.25) is 4.79 Å². The molecule has 0 bridgehead atoms. The van der Waals surface area contributed by atoms with Gasteiger partial charge in [-0.1, -0.05) is 0 Å². The average Bonchev–Trinajstić information content (AvgIpc) is 2.32. The van der Waals surface area contributed by atoms with Crippen LogP contribution in [-0.4, -0.2) is 35.4 Å². The summed E-state index contributed by atoms with van der Waals surface area (Å²) in [6, 6.07) is 3.64. The van der Waals surface area contributed by atoms with E-state index >= 15 is 0 Å². The third kappa shape index (κ3) is 2.95. The maximum Gasteiger partial charge on any atom is 0.255 e. The SMILES string of the molecule is CCNc1ccc(C(=O)N(CC)CC)cn1. The van der Waals surface area contributed by atoms with Crippen LogP contribution in [0.5, 0.6) is 0 Å². The minimum absolute atomic E-state index is 0.0422. The molecule has 4 heteroatoms. The fraction of sp³-hybridized carbons (Fsp3) is 0.500. The molecule has 0 atom stereocenters. The molecule has 0 saturated carbocycles. The number of carbonyl (C=O) groups excluding carboxylic acids is 1. The highest BCUT2D eigenvalue weighted by atomic mass is 16.2. The Morgan fingerprint density at radius 1 is 1.31 bits per heavy atom. The van der Waals surface area contributed by atoms with Gasteiger partial charge < -0.3 is 10.2 Å². The standard InChI is InChI=1S/C12H19N3O/c1-4-13-11-8-7-10(9-14-11)12(16)15(5-2)6-3/h7-9H,4-6H2,1-3H3,(H,13,14). The summed E-state index contributed by atoms with van der Waals surface area (Å²) in [5.74, 6) is 0.846. The molecule has 0 aliphatic rings. The molecule has 16 heavy (non-hydrogen) atoms. The summed E-state index contributed by atoms with van der Waals surface area (Å²) in [7, 11) is 0. The van der Waals surface area contributed by atoms with Gasteiger partial charge in [0.05, 0.1) is 5.56 Å². The molecule has 0 saturated heterocycles. The van der Waals surface area contributed by atoms with E-state index in [1.807, 2.05) is 32.9 Å². The molecule has 0 fully saturated rings. The van der Waals surface area contributed by atoms with E-state index in [2.05, 4.69) is 10.3 Å². The van der Waals surface area contributed by atoms with Crippen molar-refractivity contribution in [3.63, 3.8) is 0 Å². The zero-order chi connectivity index (χ0) is 12.0. The number of anilines is 1. The van der Waals surface area contributed by atoms with Crippen molar-refractivity contribution in [1.82, 2.24) is 9.88 Å². The molecule has 1 rings (SSSR count). The number of hydrogen-bond donors (Lipinski definition) is 1. The molecule has 0 aromatic carbocycles. The van der Waals surface area contributed by atoms with Crippen molar-refractivity contribution in [1.29, 1.82) is 0 Å². The minimum Gasteiger partial charge on any atom is -0.370 e. The average molecular weight is 221 g/mol. The first kappa shape index (κ1) is 12.5. The summed E-state index contributed by atoms with van der Waals surface area (Å²) in [6.07, 6.45) is 1.62. The Morgan fingerprint density at radius 3 is 2.44 bits per heavy atom. The van der Waals surface area contributed by atoms with Crippen LogP contribution in [0.3, 0.4) is 0 Å². The fourth-order valence-electron chi connectivity index (χ4n) is 1.50. The van der Waals surface area contributed by atoms with E-state index < -0.39 is 0 Å². The van der Waals surface area contributed by atoms with Gasteiger partial charge in [0, 0.05) is 25.8 Å². The normalized spacial score (nSPS) is 9.94. The summed E-state index contributed by atoms with van der Waals surface area (Å²) in [6.45, 7) is 8.24. The lowest BCUT2D eigenvalue weighted by Crippen LogP contribution is -2.30. The van der Waals surface area contributed by atoms with Crippen LogP contribution in [0, 0.1) is 0 Å². The Balaban J connectivity index is 2.76. The van der Waals surface area contributed by atoms with Gasteiger partial charge in [-0.15, -0.1) is 0 Å². The second kappa shape index (κ2) is 6.10. The van der Waals surface area contributed by atoms with Gasteiger partial charge in [-0.05, 0) is 32.9 Å². The number of rotatable bonds is 5. The number of aromatic nitrogens is 1. The van der Waals surface area contributed by atoms with Crippen molar-refractivity contribution < 1.29 is 4.79 Å². The van der Waals surface area contributed by atoms with E-state index in [4.69, 9.17) is 0 Å². The zero-order valence-corrected chi connectivity index (χ0v) is 10.2. The molecule has 4 nitrogen and oxygen atoms in total. The quantitative estimate of drug-likeness (QED) is 0.827. The lowest BCUT2D eigenvalue weighted by atomic mass is 10.2. The second-order valence-electron chi connectivity index (χ2n) is 3.44. The highest BCUT2D eigenvalue weighted by molar-refractivity contribution is 5.94. The number of hydrogen-bond acceptors (Lipinski definition) is 3. The molecule has 1 heterocycles. The third-order valence-corrected chi connectivity index (χ3v) is 2.42. The first-order chi connectivity index (χ1) is 7.72. The van der Waals surface area contributed by atoms with E-state index in [9.17, 15) is 4.79 Å². The third-order valence-electron chi connectivity index (χ3n) is 2.42. The van der Waals surface area contributed by atoms with Gasteiger partial charge >= 0.3 is 0 Å². The van der Waals surface area contributed by atoms with Gasteiger partial charge in [0.25, 0.3) is 5.91 Å². The molecule has 0 spiro atoms. The number of nitrogens with one attached hydrogen (secondary N) is 1. The van der Waals surface area contributed by atoms with Crippen molar-refractivity contribution in [2.24, 2.45) is 0 Å². The molecule has 1 N–H and O–H groups in total. The molecule has 1 aromatic rings. The molecule has 88 valence electrons. The maximum absolute atomic E-state index is 11.9. The Morgan fingerprint density at radius 2 is 2.00 bits per heavy atom. The Labute approximate surface area is 96.7 Å². The van der Waals surface area contributed by atoms with E-state index in [0.29, 0.717) is 5.56 Å². The Hall–Kier alpha value is -1.58. The maximum atomic E-state index is 11.9. The molecule has 0 aliphatic heterocycles. The number of carbonyl (C=O) groups is 1. The van der Waals surface area contributed by atoms with E-state index in [1.165, 1.54) is 0 Å². The molecular weight excluding hydrogens is 202 g/mol. The topological polar surface area (TPSA) is 45.2 Å². The predicted molar refractivity (Wildman–Crippen MR) is 65.7 cm³/mol. The summed E-state index contributed by atoms with van der Waals surface area (Å²) in [5.41, 5.74) is 0.644. The number of pyridine rings is 1. The van der Waals surface area contributed by atoms with Crippen molar-refractivity contribution in [3.05, 3.63) is 23.9 Å². The van der Waals surface area contributed by atoms with Crippen LogP contribution in [0.4, 0.5) is 5.82 Å². The first-order valence-electron chi connectivity index (χ1n) is 5.72. The van der Waals surface area contributed by atoms with E-state index in [0.717, 1.165) is 25.5 Å². The molecule has 0 aliphatic carbocycles. The van der Waals surface area contributed by atoms with Gasteiger partial charge in [-0.2, -0.15) is 0 Å².